The minimum Gasteiger partial charge on any atom is -0.345 e. The maximum absolute atomic E-state index is 4.04. The average molecular weight is 149 g/mol. The van der Waals surface area contributed by atoms with E-state index in [-0.39, 0.29) is 0 Å². The van der Waals surface area contributed by atoms with E-state index in [0.29, 0.717) is 0 Å². The third-order valence-corrected chi connectivity index (χ3v) is 1.72. The molecule has 0 unspecified atom stereocenters. The molecule has 0 bridgehead atoms. The van der Waals surface area contributed by atoms with Gasteiger partial charge in [0, 0.05) is 6.42 Å². The van der Waals surface area contributed by atoms with Crippen molar-refractivity contribution in [2.45, 2.75) is 6.42 Å². The van der Waals surface area contributed by atoms with Crippen molar-refractivity contribution in [3.8, 4) is 0 Å². The van der Waals surface area contributed by atoms with E-state index >= 15 is 0 Å². The van der Waals surface area contributed by atoms with E-state index in [1.54, 1.807) is 0 Å². The molecule has 0 spiro atoms. The van der Waals surface area contributed by atoms with Gasteiger partial charge >= 0.3 is 0 Å². The van der Waals surface area contributed by atoms with Crippen LogP contribution in [-0.4, -0.2) is 16.6 Å². The number of nitrogens with zero attached hydrogens (tertiary/aromatic N) is 1. The quantitative estimate of drug-likeness (QED) is 0.431. The third-order valence-electron chi connectivity index (χ3n) is 1.35. The molecule has 0 N–H and O–H groups in total. The maximum Gasteiger partial charge on any atom is 0.134 e. The number of hydrogen-bond donors (Lipinski definition) is 0. The highest BCUT2D eigenvalue weighted by molar-refractivity contribution is 6.09. The van der Waals surface area contributed by atoms with E-state index in [9.17, 15) is 0 Å². The van der Waals surface area contributed by atoms with Gasteiger partial charge in [0.2, 0.25) is 0 Å². The van der Waals surface area contributed by atoms with Crippen molar-refractivity contribution in [3.05, 3.63) is 35.9 Å². The Hall–Kier alpha value is -0.893. The third kappa shape index (κ3) is 2.15. The van der Waals surface area contributed by atoms with Gasteiger partial charge in [-0.2, -0.15) is 0 Å². The lowest BCUT2D eigenvalue weighted by Gasteiger charge is -1.91. The Labute approximate surface area is 64.3 Å². The van der Waals surface area contributed by atoms with Gasteiger partial charge in [-0.3, -0.25) is 0 Å². The molecule has 1 aromatic rings. The minimum absolute atomic E-state index is 0.919. The Kier molecular flexibility index (Phi) is 2.89. The summed E-state index contributed by atoms with van der Waals surface area (Å²) < 4.78 is 4.04. The van der Waals surface area contributed by atoms with Gasteiger partial charge in [-0.05, 0) is 11.8 Å². The Bertz CT molecular complexity index is 206. The zero-order chi connectivity index (χ0) is 7.23. The van der Waals surface area contributed by atoms with Crippen LogP contribution in [0, 0.1) is 0 Å². The van der Waals surface area contributed by atoms with E-state index < -0.39 is 0 Å². The lowest BCUT2D eigenvalue weighted by Crippen LogP contribution is -1.83. The molecular formula is C8H11NSi. The monoisotopic (exact) mass is 149 g/mol. The van der Waals surface area contributed by atoms with Crippen LogP contribution in [0.15, 0.2) is 35.0 Å². The van der Waals surface area contributed by atoms with E-state index in [1.165, 1.54) is 5.56 Å². The van der Waals surface area contributed by atoms with Crippen LogP contribution in [0.5, 0.6) is 0 Å². The van der Waals surface area contributed by atoms with Crippen LogP contribution in [0.1, 0.15) is 5.56 Å². The lowest BCUT2D eigenvalue weighted by molar-refractivity contribution is 1.36. The SMILES string of the molecule is [SiH3]N=CCc1ccccc1. The average Bonchev–Trinajstić information content (AvgIpc) is 2.03. The standard InChI is InChI=1S/C8H11NSi/c10-9-7-6-8-4-2-1-3-5-8/h1-5,7H,6H2,10H3. The van der Waals surface area contributed by atoms with Crippen molar-refractivity contribution < 1.29 is 0 Å². The lowest BCUT2D eigenvalue weighted by atomic mass is 10.2. The van der Waals surface area contributed by atoms with E-state index in [2.05, 4.69) is 28.9 Å². The molecule has 0 amide bonds. The van der Waals surface area contributed by atoms with Crippen molar-refractivity contribution >= 4 is 16.6 Å². The van der Waals surface area contributed by atoms with Gasteiger partial charge in [0.25, 0.3) is 0 Å². The second-order valence-corrected chi connectivity index (χ2v) is 2.65. The van der Waals surface area contributed by atoms with Gasteiger partial charge in [0.15, 0.2) is 0 Å². The molecule has 0 aliphatic carbocycles. The molecule has 1 rings (SSSR count). The fourth-order valence-corrected chi connectivity index (χ4v) is 0.993. The number of rotatable bonds is 2. The van der Waals surface area contributed by atoms with Crippen LogP contribution in [0.25, 0.3) is 0 Å². The summed E-state index contributed by atoms with van der Waals surface area (Å²) in [6.07, 6.45) is 2.95. The van der Waals surface area contributed by atoms with Crippen LogP contribution in [0.2, 0.25) is 0 Å². The summed E-state index contributed by atoms with van der Waals surface area (Å²) in [5.41, 5.74) is 1.34. The largest absolute Gasteiger partial charge is 0.345 e. The van der Waals surface area contributed by atoms with Gasteiger partial charge in [0.05, 0.1) is 0 Å². The van der Waals surface area contributed by atoms with E-state index in [4.69, 9.17) is 0 Å². The molecular weight excluding hydrogens is 138 g/mol. The molecule has 0 heterocycles. The Morgan fingerprint density at radius 2 is 2.00 bits per heavy atom. The highest BCUT2D eigenvalue weighted by Crippen LogP contribution is 1.96. The number of benzene rings is 1. The summed E-state index contributed by atoms with van der Waals surface area (Å²) in [5.74, 6) is 0. The molecule has 10 heavy (non-hydrogen) atoms. The van der Waals surface area contributed by atoms with E-state index in [1.807, 2.05) is 12.3 Å². The maximum atomic E-state index is 4.04. The molecule has 0 aliphatic heterocycles. The predicted molar refractivity (Wildman–Crippen MR) is 48.6 cm³/mol. The van der Waals surface area contributed by atoms with Crippen LogP contribution < -0.4 is 0 Å². The Morgan fingerprint density at radius 1 is 1.30 bits per heavy atom. The zero-order valence-corrected chi connectivity index (χ0v) is 8.12. The molecule has 0 aliphatic rings. The molecule has 0 saturated heterocycles. The van der Waals surface area contributed by atoms with Crippen molar-refractivity contribution in [2.24, 2.45) is 4.66 Å². The summed E-state index contributed by atoms with van der Waals surface area (Å²) in [4.78, 5) is 0. The van der Waals surface area contributed by atoms with Gasteiger partial charge in [0.1, 0.15) is 10.4 Å². The first-order valence-electron chi connectivity index (χ1n) is 3.38. The van der Waals surface area contributed by atoms with Crippen molar-refractivity contribution in [3.63, 3.8) is 0 Å². The van der Waals surface area contributed by atoms with Gasteiger partial charge in [-0.25, -0.2) is 0 Å². The highest BCUT2D eigenvalue weighted by Gasteiger charge is 1.83. The second-order valence-electron chi connectivity index (χ2n) is 2.13. The minimum atomic E-state index is 0.919. The Morgan fingerprint density at radius 3 is 2.60 bits per heavy atom. The summed E-state index contributed by atoms with van der Waals surface area (Å²) in [6, 6.07) is 10.4. The molecule has 0 aromatic heterocycles. The first-order chi connectivity index (χ1) is 4.93. The van der Waals surface area contributed by atoms with Gasteiger partial charge < -0.3 is 4.66 Å². The van der Waals surface area contributed by atoms with Gasteiger partial charge in [-0.1, -0.05) is 30.3 Å². The zero-order valence-electron chi connectivity index (χ0n) is 6.12. The molecule has 0 radical (unpaired) electrons. The normalized spacial score (nSPS) is 10.8. The molecule has 1 aromatic carbocycles. The fraction of sp³-hybridized carbons (Fsp3) is 0.125. The Balaban J connectivity index is 2.59. The van der Waals surface area contributed by atoms with Crippen LogP contribution in [0.4, 0.5) is 0 Å². The number of hydrogen-bond acceptors (Lipinski definition) is 1. The van der Waals surface area contributed by atoms with Crippen LogP contribution >= 0.6 is 0 Å². The molecule has 2 heteroatoms. The summed E-state index contributed by atoms with van der Waals surface area (Å²) in [5, 5.41) is 0. The van der Waals surface area contributed by atoms with Crippen LogP contribution in [-0.2, 0) is 6.42 Å². The van der Waals surface area contributed by atoms with Crippen molar-refractivity contribution in [1.82, 2.24) is 0 Å². The van der Waals surface area contributed by atoms with Gasteiger partial charge in [-0.15, -0.1) is 0 Å². The molecule has 0 fully saturated rings. The summed E-state index contributed by atoms with van der Waals surface area (Å²) in [6.45, 7) is 0. The van der Waals surface area contributed by atoms with Crippen molar-refractivity contribution in [2.75, 3.05) is 0 Å². The smallest absolute Gasteiger partial charge is 0.134 e. The first kappa shape index (κ1) is 7.22. The topological polar surface area (TPSA) is 12.4 Å². The predicted octanol–water partition coefficient (Wildman–Crippen LogP) is 0.580. The van der Waals surface area contributed by atoms with Crippen LogP contribution in [0.3, 0.4) is 0 Å². The first-order valence-corrected chi connectivity index (χ1v) is 4.27. The van der Waals surface area contributed by atoms with E-state index in [0.717, 1.165) is 16.8 Å². The molecule has 0 atom stereocenters. The summed E-state index contributed by atoms with van der Waals surface area (Å²) in [7, 11) is 0.919. The highest BCUT2D eigenvalue weighted by atomic mass is 28.2. The molecule has 1 nitrogen and oxygen atoms in total. The molecule has 52 valence electrons. The molecule has 0 saturated carbocycles. The fourth-order valence-electron chi connectivity index (χ4n) is 0.811. The second kappa shape index (κ2) is 4.01. The van der Waals surface area contributed by atoms with Crippen molar-refractivity contribution in [1.29, 1.82) is 0 Å². The summed E-state index contributed by atoms with van der Waals surface area (Å²) >= 11 is 0.